The van der Waals surface area contributed by atoms with E-state index in [4.69, 9.17) is 21.6 Å². The summed E-state index contributed by atoms with van der Waals surface area (Å²) >= 11 is 5.91. The Kier molecular flexibility index (Phi) is 5.87. The summed E-state index contributed by atoms with van der Waals surface area (Å²) in [4.78, 5) is 20.1. The van der Waals surface area contributed by atoms with Gasteiger partial charge in [-0.05, 0) is 43.9 Å². The van der Waals surface area contributed by atoms with Gasteiger partial charge in [0.2, 0.25) is 5.69 Å². The van der Waals surface area contributed by atoms with Crippen molar-refractivity contribution < 1.29 is 9.53 Å². The lowest BCUT2D eigenvalue weighted by atomic mass is 9.93. The maximum atomic E-state index is 12.1. The average molecular weight is 372 g/mol. The number of urea groups is 1. The van der Waals surface area contributed by atoms with Crippen LogP contribution in [0.1, 0.15) is 31.4 Å². The third-order valence-corrected chi connectivity index (χ3v) is 4.38. The van der Waals surface area contributed by atoms with Gasteiger partial charge in [-0.1, -0.05) is 17.7 Å². The van der Waals surface area contributed by atoms with Crippen molar-refractivity contribution in [2.75, 3.05) is 5.32 Å². The van der Waals surface area contributed by atoms with Gasteiger partial charge in [0.1, 0.15) is 12.2 Å². The highest BCUT2D eigenvalue weighted by atomic mass is 35.5. The van der Waals surface area contributed by atoms with Crippen molar-refractivity contribution in [2.45, 2.75) is 37.8 Å². The standard InChI is InChI=1S/C18H18ClN5O2/c19-12-2-1-3-14(10-12)24-18(25)23-13-4-6-15(7-5-13)26-17-16(11-20)21-8-9-22-17/h1-3,8-10,13,15H,4-7H2,(H2,23,24,25). The van der Waals surface area contributed by atoms with Crippen LogP contribution >= 0.6 is 11.6 Å². The predicted octanol–water partition coefficient (Wildman–Crippen LogP) is 3.51. The van der Waals surface area contributed by atoms with E-state index in [1.165, 1.54) is 12.4 Å². The normalized spacial score (nSPS) is 19.2. The van der Waals surface area contributed by atoms with E-state index in [0.29, 0.717) is 10.7 Å². The molecular formula is C18H18ClN5O2. The van der Waals surface area contributed by atoms with Crippen molar-refractivity contribution in [3.63, 3.8) is 0 Å². The van der Waals surface area contributed by atoms with E-state index in [0.717, 1.165) is 25.7 Å². The summed E-state index contributed by atoms with van der Waals surface area (Å²) in [5.41, 5.74) is 0.840. The van der Waals surface area contributed by atoms with Crippen molar-refractivity contribution in [1.29, 1.82) is 5.26 Å². The van der Waals surface area contributed by atoms with Crippen LogP contribution < -0.4 is 15.4 Å². The molecule has 134 valence electrons. The van der Waals surface area contributed by atoms with E-state index in [1.807, 2.05) is 6.07 Å². The van der Waals surface area contributed by atoms with Crippen LogP contribution in [0.3, 0.4) is 0 Å². The van der Waals surface area contributed by atoms with Gasteiger partial charge in [0.05, 0.1) is 0 Å². The van der Waals surface area contributed by atoms with Crippen LogP contribution in [0, 0.1) is 11.3 Å². The molecule has 1 aromatic heterocycles. The number of carbonyl (C=O) groups excluding carboxylic acids is 1. The second-order valence-corrected chi connectivity index (χ2v) is 6.46. The molecule has 3 rings (SSSR count). The zero-order valence-electron chi connectivity index (χ0n) is 14.0. The van der Waals surface area contributed by atoms with E-state index >= 15 is 0 Å². The number of rotatable bonds is 4. The Labute approximate surface area is 156 Å². The molecule has 1 fully saturated rings. The molecule has 1 aliphatic carbocycles. The summed E-state index contributed by atoms with van der Waals surface area (Å²) in [6.07, 6.45) is 6.04. The molecule has 1 heterocycles. The summed E-state index contributed by atoms with van der Waals surface area (Å²) in [5.74, 6) is 0.269. The third-order valence-electron chi connectivity index (χ3n) is 4.14. The number of nitriles is 1. The highest BCUT2D eigenvalue weighted by Gasteiger charge is 2.24. The minimum absolute atomic E-state index is 0.0344. The number of anilines is 1. The molecule has 1 aliphatic rings. The fourth-order valence-corrected chi connectivity index (χ4v) is 3.08. The van der Waals surface area contributed by atoms with Crippen molar-refractivity contribution in [3.8, 4) is 11.9 Å². The molecule has 0 saturated heterocycles. The van der Waals surface area contributed by atoms with Gasteiger partial charge in [-0.15, -0.1) is 0 Å². The molecule has 26 heavy (non-hydrogen) atoms. The molecule has 2 aromatic rings. The van der Waals surface area contributed by atoms with Crippen molar-refractivity contribution in [2.24, 2.45) is 0 Å². The molecule has 8 heteroatoms. The predicted molar refractivity (Wildman–Crippen MR) is 97.0 cm³/mol. The monoisotopic (exact) mass is 371 g/mol. The zero-order valence-corrected chi connectivity index (χ0v) is 14.7. The number of amides is 2. The Morgan fingerprint density at radius 1 is 1.23 bits per heavy atom. The van der Waals surface area contributed by atoms with Crippen molar-refractivity contribution >= 4 is 23.3 Å². The molecule has 2 amide bonds. The zero-order chi connectivity index (χ0) is 18.4. The molecule has 1 saturated carbocycles. The lowest BCUT2D eigenvalue weighted by Crippen LogP contribution is -2.41. The largest absolute Gasteiger partial charge is 0.472 e. The van der Waals surface area contributed by atoms with Gasteiger partial charge in [-0.3, -0.25) is 0 Å². The number of halogens is 1. The molecule has 0 atom stereocenters. The second kappa shape index (κ2) is 8.50. The SMILES string of the molecule is N#Cc1nccnc1OC1CCC(NC(=O)Nc2cccc(Cl)c2)CC1. The lowest BCUT2D eigenvalue weighted by molar-refractivity contribution is 0.134. The highest BCUT2D eigenvalue weighted by Crippen LogP contribution is 2.24. The molecule has 1 aromatic carbocycles. The number of nitrogens with one attached hydrogen (secondary N) is 2. The first-order chi connectivity index (χ1) is 12.6. The van der Waals surface area contributed by atoms with Crippen LogP contribution in [0.5, 0.6) is 5.88 Å². The van der Waals surface area contributed by atoms with Gasteiger partial charge in [0, 0.05) is 29.1 Å². The quantitative estimate of drug-likeness (QED) is 0.856. The summed E-state index contributed by atoms with van der Waals surface area (Å²) in [6.45, 7) is 0. The molecule has 7 nitrogen and oxygen atoms in total. The van der Waals surface area contributed by atoms with Crippen LogP contribution in [0.2, 0.25) is 5.02 Å². The Balaban J connectivity index is 1.46. The number of carbonyl (C=O) groups is 1. The lowest BCUT2D eigenvalue weighted by Gasteiger charge is -2.29. The van der Waals surface area contributed by atoms with E-state index in [2.05, 4.69) is 20.6 Å². The number of ether oxygens (including phenoxy) is 1. The summed E-state index contributed by atoms with van der Waals surface area (Å²) in [5, 5.41) is 15.3. The number of nitrogens with zero attached hydrogens (tertiary/aromatic N) is 3. The molecule has 2 N–H and O–H groups in total. The molecule has 0 radical (unpaired) electrons. The van der Waals surface area contributed by atoms with E-state index in [9.17, 15) is 4.79 Å². The Morgan fingerprint density at radius 2 is 2.00 bits per heavy atom. The van der Waals surface area contributed by atoms with Crippen LogP contribution in [-0.4, -0.2) is 28.1 Å². The molecule has 0 aliphatic heterocycles. The van der Waals surface area contributed by atoms with E-state index in [1.54, 1.807) is 24.3 Å². The van der Waals surface area contributed by atoms with Gasteiger partial charge in [0.15, 0.2) is 0 Å². The van der Waals surface area contributed by atoms with Gasteiger partial charge in [0.25, 0.3) is 5.88 Å². The molecule has 0 spiro atoms. The molecule has 0 unspecified atom stereocenters. The maximum absolute atomic E-state index is 12.1. The number of benzene rings is 1. The van der Waals surface area contributed by atoms with Gasteiger partial charge < -0.3 is 15.4 Å². The Hall–Kier alpha value is -2.85. The smallest absolute Gasteiger partial charge is 0.319 e. The minimum Gasteiger partial charge on any atom is -0.472 e. The fourth-order valence-electron chi connectivity index (χ4n) is 2.89. The average Bonchev–Trinajstić information content (AvgIpc) is 2.64. The second-order valence-electron chi connectivity index (χ2n) is 6.02. The number of hydrogen-bond acceptors (Lipinski definition) is 5. The van der Waals surface area contributed by atoms with Gasteiger partial charge in [-0.25, -0.2) is 14.8 Å². The van der Waals surface area contributed by atoms with Gasteiger partial charge >= 0.3 is 6.03 Å². The summed E-state index contributed by atoms with van der Waals surface area (Å²) in [6, 6.07) is 8.80. The topological polar surface area (TPSA) is 99.9 Å². The molecule has 0 bridgehead atoms. The first kappa shape index (κ1) is 18.0. The van der Waals surface area contributed by atoms with Crippen molar-refractivity contribution in [1.82, 2.24) is 15.3 Å². The van der Waals surface area contributed by atoms with Crippen LogP contribution in [0.4, 0.5) is 10.5 Å². The minimum atomic E-state index is -0.252. The first-order valence-corrected chi connectivity index (χ1v) is 8.72. The molecular weight excluding hydrogens is 354 g/mol. The third kappa shape index (κ3) is 4.83. The van der Waals surface area contributed by atoms with E-state index < -0.39 is 0 Å². The van der Waals surface area contributed by atoms with E-state index in [-0.39, 0.29) is 29.8 Å². The highest BCUT2D eigenvalue weighted by molar-refractivity contribution is 6.30. The summed E-state index contributed by atoms with van der Waals surface area (Å²) in [7, 11) is 0. The van der Waals surface area contributed by atoms with Crippen LogP contribution in [-0.2, 0) is 0 Å². The van der Waals surface area contributed by atoms with Gasteiger partial charge in [-0.2, -0.15) is 5.26 Å². The van der Waals surface area contributed by atoms with Crippen LogP contribution in [0.25, 0.3) is 0 Å². The van der Waals surface area contributed by atoms with Crippen molar-refractivity contribution in [3.05, 3.63) is 47.4 Å². The Bertz CT molecular complexity index is 815. The van der Waals surface area contributed by atoms with Crippen LogP contribution in [0.15, 0.2) is 36.7 Å². The number of aromatic nitrogens is 2. The Morgan fingerprint density at radius 3 is 2.73 bits per heavy atom. The number of hydrogen-bond donors (Lipinski definition) is 2. The summed E-state index contributed by atoms with van der Waals surface area (Å²) < 4.78 is 5.80. The maximum Gasteiger partial charge on any atom is 0.319 e. The fraction of sp³-hybridized carbons (Fsp3) is 0.333. The first-order valence-electron chi connectivity index (χ1n) is 8.35.